The number of amides is 1. The van der Waals surface area contributed by atoms with Gasteiger partial charge >= 0.3 is 0 Å². The van der Waals surface area contributed by atoms with Gasteiger partial charge in [0.15, 0.2) is 5.76 Å². The maximum absolute atomic E-state index is 13.0. The minimum absolute atomic E-state index is 0.132. The Morgan fingerprint density at radius 2 is 1.73 bits per heavy atom. The normalized spacial score (nSPS) is 22.0. The summed E-state index contributed by atoms with van der Waals surface area (Å²) in [5, 5.41) is 3.77. The first-order chi connectivity index (χ1) is 14.4. The first-order valence-corrected chi connectivity index (χ1v) is 12.7. The molecule has 4 rings (SSSR count). The quantitative estimate of drug-likeness (QED) is 0.648. The highest BCUT2D eigenvalue weighted by molar-refractivity contribution is 7.89. The van der Waals surface area contributed by atoms with Crippen molar-refractivity contribution in [1.82, 2.24) is 19.3 Å². The van der Waals surface area contributed by atoms with Gasteiger partial charge in [-0.3, -0.25) is 9.69 Å². The molecule has 8 nitrogen and oxygen atoms in total. The molecule has 0 N–H and O–H groups in total. The lowest BCUT2D eigenvalue weighted by Crippen LogP contribution is -2.53. The molecule has 1 saturated heterocycles. The van der Waals surface area contributed by atoms with Crippen molar-refractivity contribution in [1.29, 1.82) is 0 Å². The van der Waals surface area contributed by atoms with Crippen molar-refractivity contribution in [3.05, 3.63) is 11.5 Å². The van der Waals surface area contributed by atoms with E-state index in [1.807, 2.05) is 4.90 Å². The predicted molar refractivity (Wildman–Crippen MR) is 112 cm³/mol. The number of hydrogen-bond donors (Lipinski definition) is 0. The Kier molecular flexibility index (Phi) is 6.50. The number of hydrogen-bond acceptors (Lipinski definition) is 6. The summed E-state index contributed by atoms with van der Waals surface area (Å²) in [6.07, 6.45) is 8.95. The van der Waals surface area contributed by atoms with Crippen molar-refractivity contribution in [2.75, 3.05) is 39.3 Å². The molecule has 2 saturated carbocycles. The highest BCUT2D eigenvalue weighted by Crippen LogP contribution is 2.31. The zero-order valence-electron chi connectivity index (χ0n) is 18.2. The second-order valence-corrected chi connectivity index (χ2v) is 11.0. The molecule has 1 aromatic heterocycles. The second-order valence-electron chi connectivity index (χ2n) is 9.10. The number of nitrogens with zero attached hydrogens (tertiary/aromatic N) is 4. The maximum Gasteiger partial charge on any atom is 0.248 e. The fraction of sp³-hybridized carbons (Fsp3) is 0.810. The molecule has 0 atom stereocenters. The number of rotatable bonds is 7. The van der Waals surface area contributed by atoms with Crippen LogP contribution in [0.1, 0.15) is 56.4 Å². The van der Waals surface area contributed by atoms with Crippen LogP contribution in [0.15, 0.2) is 9.42 Å². The van der Waals surface area contributed by atoms with Gasteiger partial charge in [-0.15, -0.1) is 0 Å². The molecule has 9 heteroatoms. The Balaban J connectivity index is 1.32. The van der Waals surface area contributed by atoms with Gasteiger partial charge in [0.05, 0.1) is 6.54 Å². The van der Waals surface area contributed by atoms with E-state index < -0.39 is 10.0 Å². The number of piperazine rings is 1. The summed E-state index contributed by atoms with van der Waals surface area (Å²) in [6.45, 7) is 6.25. The van der Waals surface area contributed by atoms with Gasteiger partial charge in [0.2, 0.25) is 15.9 Å². The van der Waals surface area contributed by atoms with Gasteiger partial charge < -0.3 is 9.42 Å². The van der Waals surface area contributed by atoms with Crippen molar-refractivity contribution in [2.45, 2.75) is 69.7 Å². The predicted octanol–water partition coefficient (Wildman–Crippen LogP) is 2.17. The largest absolute Gasteiger partial charge is 0.360 e. The first kappa shape index (κ1) is 21.8. The lowest BCUT2D eigenvalue weighted by molar-refractivity contribution is -0.134. The van der Waals surface area contributed by atoms with E-state index in [0.717, 1.165) is 12.5 Å². The SMILES string of the molecule is Cc1noc(C)c1S(=O)(=O)N1CCN(C(=O)CN(CC2CCCCC2)C2CC2)CC1. The molecular weight excluding hydrogens is 404 g/mol. The zero-order valence-corrected chi connectivity index (χ0v) is 19.0. The molecule has 2 heterocycles. The molecule has 1 amide bonds. The van der Waals surface area contributed by atoms with Gasteiger partial charge in [-0.05, 0) is 45.4 Å². The molecule has 0 bridgehead atoms. The van der Waals surface area contributed by atoms with E-state index in [1.165, 1.54) is 49.3 Å². The van der Waals surface area contributed by atoms with Gasteiger partial charge in [-0.25, -0.2) is 8.42 Å². The molecule has 0 radical (unpaired) electrons. The molecule has 0 spiro atoms. The molecule has 3 fully saturated rings. The standard InChI is InChI=1S/C21H34N4O4S/c1-16-21(17(2)29-22-16)30(27,28)25-12-10-23(11-13-25)20(26)15-24(19-8-9-19)14-18-6-4-3-5-7-18/h18-19H,3-15H2,1-2H3. The van der Waals surface area contributed by atoms with Crippen molar-refractivity contribution < 1.29 is 17.7 Å². The smallest absolute Gasteiger partial charge is 0.248 e. The zero-order chi connectivity index (χ0) is 21.3. The molecular formula is C21H34N4O4S. The molecule has 0 aromatic carbocycles. The average molecular weight is 439 g/mol. The van der Waals surface area contributed by atoms with Gasteiger partial charge in [0.25, 0.3) is 0 Å². The number of aryl methyl sites for hydroxylation is 2. The van der Waals surface area contributed by atoms with Gasteiger partial charge in [-0.1, -0.05) is 24.4 Å². The van der Waals surface area contributed by atoms with Crippen LogP contribution in [0.2, 0.25) is 0 Å². The van der Waals surface area contributed by atoms with Crippen molar-refractivity contribution in [2.24, 2.45) is 5.92 Å². The summed E-state index contributed by atoms with van der Waals surface area (Å²) in [6, 6.07) is 0.567. The Labute approximate surface area is 179 Å². The van der Waals surface area contributed by atoms with E-state index in [1.54, 1.807) is 13.8 Å². The molecule has 30 heavy (non-hydrogen) atoms. The Morgan fingerprint density at radius 1 is 1.07 bits per heavy atom. The third-order valence-electron chi connectivity index (χ3n) is 6.78. The highest BCUT2D eigenvalue weighted by atomic mass is 32.2. The minimum Gasteiger partial charge on any atom is -0.360 e. The molecule has 1 aliphatic heterocycles. The molecule has 0 unspecified atom stereocenters. The molecule has 168 valence electrons. The summed E-state index contributed by atoms with van der Waals surface area (Å²) in [4.78, 5) is 17.4. The van der Waals surface area contributed by atoms with E-state index >= 15 is 0 Å². The first-order valence-electron chi connectivity index (χ1n) is 11.3. The summed E-state index contributed by atoms with van der Waals surface area (Å²) in [7, 11) is -3.65. The van der Waals surface area contributed by atoms with E-state index in [2.05, 4.69) is 10.1 Å². The van der Waals surface area contributed by atoms with Crippen LogP contribution in [0.5, 0.6) is 0 Å². The van der Waals surface area contributed by atoms with E-state index in [-0.39, 0.29) is 10.8 Å². The van der Waals surface area contributed by atoms with Gasteiger partial charge in [-0.2, -0.15) is 4.31 Å². The maximum atomic E-state index is 13.0. The van der Waals surface area contributed by atoms with Crippen LogP contribution in [0.4, 0.5) is 0 Å². The third kappa shape index (κ3) is 4.73. The number of carbonyl (C=O) groups excluding carboxylic acids is 1. The van der Waals surface area contributed by atoms with Crippen molar-refractivity contribution in [3.8, 4) is 0 Å². The third-order valence-corrected chi connectivity index (χ3v) is 8.92. The van der Waals surface area contributed by atoms with Crippen molar-refractivity contribution >= 4 is 15.9 Å². The van der Waals surface area contributed by atoms with Crippen LogP contribution in [-0.2, 0) is 14.8 Å². The molecule has 1 aromatic rings. The summed E-state index contributed by atoms with van der Waals surface area (Å²) >= 11 is 0. The molecule has 3 aliphatic rings. The van der Waals surface area contributed by atoms with Crippen LogP contribution in [0, 0.1) is 19.8 Å². The number of sulfonamides is 1. The van der Waals surface area contributed by atoms with Crippen LogP contribution >= 0.6 is 0 Å². The van der Waals surface area contributed by atoms with Gasteiger partial charge in [0.1, 0.15) is 10.6 Å². The number of carbonyl (C=O) groups is 1. The minimum atomic E-state index is -3.65. The van der Waals surface area contributed by atoms with Crippen LogP contribution in [-0.4, -0.2) is 78.9 Å². The van der Waals surface area contributed by atoms with Crippen LogP contribution in [0.25, 0.3) is 0 Å². The van der Waals surface area contributed by atoms with E-state index in [4.69, 9.17) is 4.52 Å². The van der Waals surface area contributed by atoms with Crippen molar-refractivity contribution in [3.63, 3.8) is 0 Å². The van der Waals surface area contributed by atoms with E-state index in [0.29, 0.717) is 50.2 Å². The Hall–Kier alpha value is -1.45. The summed E-state index contributed by atoms with van der Waals surface area (Å²) in [5.74, 6) is 1.17. The number of aromatic nitrogens is 1. The lowest BCUT2D eigenvalue weighted by Gasteiger charge is -2.36. The Morgan fingerprint density at radius 3 is 2.30 bits per heavy atom. The fourth-order valence-corrected chi connectivity index (χ4v) is 6.62. The lowest BCUT2D eigenvalue weighted by atomic mass is 9.89. The fourth-order valence-electron chi connectivity index (χ4n) is 4.91. The molecule has 2 aliphatic carbocycles. The second kappa shape index (κ2) is 8.96. The topological polar surface area (TPSA) is 87.0 Å². The Bertz CT molecular complexity index is 831. The van der Waals surface area contributed by atoms with Crippen LogP contribution in [0.3, 0.4) is 0 Å². The summed E-state index contributed by atoms with van der Waals surface area (Å²) < 4.78 is 32.4. The van der Waals surface area contributed by atoms with Gasteiger partial charge in [0, 0.05) is 38.8 Å². The van der Waals surface area contributed by atoms with Crippen LogP contribution < -0.4 is 0 Å². The summed E-state index contributed by atoms with van der Waals surface area (Å²) in [5.41, 5.74) is 0.383. The highest BCUT2D eigenvalue weighted by Gasteiger charge is 2.36. The monoisotopic (exact) mass is 438 g/mol. The van der Waals surface area contributed by atoms with E-state index in [9.17, 15) is 13.2 Å². The average Bonchev–Trinajstić information content (AvgIpc) is 3.52.